The van der Waals surface area contributed by atoms with Crippen molar-refractivity contribution in [1.82, 2.24) is 4.90 Å². The number of amidine groups is 1. The van der Waals surface area contributed by atoms with Gasteiger partial charge in [-0.05, 0) is 6.92 Å². The lowest BCUT2D eigenvalue weighted by Crippen LogP contribution is -2.42. The molecule has 28 heavy (non-hydrogen) atoms. The third kappa shape index (κ3) is 6.87. The number of nitrogens with two attached hydrogens (primary N) is 1. The maximum atomic E-state index is 11.8. The highest BCUT2D eigenvalue weighted by Gasteiger charge is 2.40. The first kappa shape index (κ1) is 23.4. The van der Waals surface area contributed by atoms with Crippen LogP contribution in [0.3, 0.4) is 0 Å². The molecule has 0 aromatic carbocycles. The molecule has 2 rings (SSSR count). The second-order valence-corrected chi connectivity index (χ2v) is 10.6. The summed E-state index contributed by atoms with van der Waals surface area (Å²) in [5.41, 5.74) is 5.55. The van der Waals surface area contributed by atoms with Crippen LogP contribution in [0.15, 0.2) is 15.0 Å². The van der Waals surface area contributed by atoms with Gasteiger partial charge in [0.2, 0.25) is 5.96 Å². The van der Waals surface area contributed by atoms with E-state index in [1.54, 1.807) is 0 Å². The molecule has 0 bridgehead atoms. The number of hydrogen-bond acceptors (Lipinski definition) is 11. The minimum atomic E-state index is -5.51. The SMILES string of the molecule is CC(CN1C=NC2C(=S)N=C(N)N=C21)OCP(=O)(O)OP(=O)(O)OP(=O)(O)O. The van der Waals surface area contributed by atoms with Crippen molar-refractivity contribution in [3.63, 3.8) is 0 Å². The molecule has 0 aromatic heterocycles. The number of guanidine groups is 1. The maximum Gasteiger partial charge on any atom is 0.488 e. The van der Waals surface area contributed by atoms with Crippen LogP contribution in [0.5, 0.6) is 0 Å². The lowest BCUT2D eigenvalue weighted by atomic mass is 10.2. The van der Waals surface area contributed by atoms with E-state index in [0.717, 1.165) is 0 Å². The number of hydrogen-bond donors (Lipinski definition) is 5. The van der Waals surface area contributed by atoms with E-state index in [2.05, 4.69) is 23.6 Å². The van der Waals surface area contributed by atoms with Gasteiger partial charge in [-0.15, -0.1) is 0 Å². The lowest BCUT2D eigenvalue weighted by Gasteiger charge is -2.24. The summed E-state index contributed by atoms with van der Waals surface area (Å²) < 4.78 is 46.2. The molecule has 0 radical (unpaired) electrons. The van der Waals surface area contributed by atoms with Crippen LogP contribution in [0.2, 0.25) is 0 Å². The van der Waals surface area contributed by atoms with E-state index < -0.39 is 41.7 Å². The highest BCUT2D eigenvalue weighted by atomic mass is 32.1. The second-order valence-electron chi connectivity index (χ2n) is 5.46. The molecule has 2 heterocycles. The Bertz CT molecular complexity index is 886. The molecule has 4 atom stereocenters. The monoisotopic (exact) mass is 479 g/mol. The number of fused-ring (bicyclic) bond motifs is 1. The van der Waals surface area contributed by atoms with Gasteiger partial charge in [-0.2, -0.15) is 9.30 Å². The van der Waals surface area contributed by atoms with E-state index in [4.69, 9.17) is 37.4 Å². The van der Waals surface area contributed by atoms with Gasteiger partial charge in [0, 0.05) is 0 Å². The first-order valence-corrected chi connectivity index (χ1v) is 12.4. The Morgan fingerprint density at radius 1 is 1.25 bits per heavy atom. The third-order valence-electron chi connectivity index (χ3n) is 3.00. The van der Waals surface area contributed by atoms with E-state index in [1.807, 2.05) is 0 Å². The maximum absolute atomic E-state index is 11.8. The Hall–Kier alpha value is -0.890. The summed E-state index contributed by atoms with van der Waals surface area (Å²) >= 11 is 5.05. The van der Waals surface area contributed by atoms with Crippen LogP contribution in [-0.2, 0) is 27.1 Å². The van der Waals surface area contributed by atoms with Crippen molar-refractivity contribution < 1.29 is 46.6 Å². The standard InChI is InChI=1S/C9H16N5O10P3S/c1-5(2-14-3-11-6-7(14)12-9(10)13-8(6)28)22-4-25(15,16)23-27(20,21)24-26(17,18)19/h3,5-6H,2,4H2,1H3,(H,15,16)(H,20,21)(H2,10,13,28)(H2,17,18,19). The topological polar surface area (TPSA) is 226 Å². The second kappa shape index (κ2) is 8.46. The van der Waals surface area contributed by atoms with Gasteiger partial charge in [-0.3, -0.25) is 9.56 Å². The van der Waals surface area contributed by atoms with Crippen LogP contribution >= 0.6 is 35.5 Å². The van der Waals surface area contributed by atoms with Crippen LogP contribution in [0.4, 0.5) is 0 Å². The summed E-state index contributed by atoms with van der Waals surface area (Å²) in [6.07, 6.45) is -0.396. The molecule has 0 saturated heterocycles. The zero-order chi connectivity index (χ0) is 21.3. The lowest BCUT2D eigenvalue weighted by molar-refractivity contribution is 0.0804. The van der Waals surface area contributed by atoms with Gasteiger partial charge in [0.25, 0.3) is 0 Å². The molecule has 0 fully saturated rings. The average Bonchev–Trinajstić information content (AvgIpc) is 2.84. The Morgan fingerprint density at radius 3 is 2.50 bits per heavy atom. The van der Waals surface area contributed by atoms with Crippen LogP contribution in [-0.4, -0.2) is 72.6 Å². The van der Waals surface area contributed by atoms with E-state index >= 15 is 0 Å². The summed E-state index contributed by atoms with van der Waals surface area (Å²) in [6.45, 7) is 1.59. The van der Waals surface area contributed by atoms with Crippen molar-refractivity contribution in [1.29, 1.82) is 0 Å². The highest BCUT2D eigenvalue weighted by Crippen LogP contribution is 2.65. The molecular formula is C9H16N5O10P3S. The minimum Gasteiger partial charge on any atom is -0.368 e. The summed E-state index contributed by atoms with van der Waals surface area (Å²) in [5.74, 6) is 0.351. The minimum absolute atomic E-state index is 0.0441. The van der Waals surface area contributed by atoms with E-state index in [9.17, 15) is 18.6 Å². The molecule has 0 aromatic rings. The number of ether oxygens (including phenoxy) is 1. The molecule has 158 valence electrons. The van der Waals surface area contributed by atoms with Gasteiger partial charge >= 0.3 is 23.2 Å². The molecule has 4 unspecified atom stereocenters. The molecule has 2 aliphatic rings. The molecule has 0 spiro atoms. The summed E-state index contributed by atoms with van der Waals surface area (Å²) in [5, 5.41) is 0. The summed E-state index contributed by atoms with van der Waals surface area (Å²) in [4.78, 5) is 49.4. The van der Waals surface area contributed by atoms with Crippen molar-refractivity contribution >= 4 is 58.6 Å². The van der Waals surface area contributed by atoms with Crippen molar-refractivity contribution in [2.45, 2.75) is 19.1 Å². The van der Waals surface area contributed by atoms with E-state index in [-0.39, 0.29) is 17.5 Å². The number of thiocarbonyl (C=S) groups is 1. The summed E-state index contributed by atoms with van der Waals surface area (Å²) in [6, 6.07) is -0.577. The van der Waals surface area contributed by atoms with Gasteiger partial charge in [0.05, 0.1) is 19.0 Å². The molecule has 6 N–H and O–H groups in total. The summed E-state index contributed by atoms with van der Waals surface area (Å²) in [7, 11) is -15.8. The molecule has 15 nitrogen and oxygen atoms in total. The van der Waals surface area contributed by atoms with Crippen LogP contribution in [0, 0.1) is 0 Å². The Labute approximate surface area is 163 Å². The zero-order valence-corrected chi connectivity index (χ0v) is 17.5. The number of nitrogens with zero attached hydrogens (tertiary/aromatic N) is 4. The Kier molecular flexibility index (Phi) is 7.07. The molecule has 19 heteroatoms. The van der Waals surface area contributed by atoms with E-state index in [0.29, 0.717) is 5.84 Å². The van der Waals surface area contributed by atoms with Crippen LogP contribution < -0.4 is 5.73 Å². The quantitative estimate of drug-likeness (QED) is 0.208. The van der Waals surface area contributed by atoms with E-state index in [1.165, 1.54) is 18.2 Å². The highest BCUT2D eigenvalue weighted by molar-refractivity contribution is 7.80. The average molecular weight is 479 g/mol. The van der Waals surface area contributed by atoms with Crippen LogP contribution in [0.25, 0.3) is 0 Å². The molecule has 0 aliphatic carbocycles. The molecule has 0 amide bonds. The smallest absolute Gasteiger partial charge is 0.368 e. The molecule has 2 aliphatic heterocycles. The van der Waals surface area contributed by atoms with Gasteiger partial charge in [0.15, 0.2) is 6.04 Å². The molecular weight excluding hydrogens is 463 g/mol. The first-order chi connectivity index (χ1) is 12.7. The third-order valence-corrected chi connectivity index (χ3v) is 7.31. The number of rotatable bonds is 9. The Morgan fingerprint density at radius 2 is 1.89 bits per heavy atom. The largest absolute Gasteiger partial charge is 0.488 e. The fourth-order valence-corrected chi connectivity index (χ4v) is 5.72. The van der Waals surface area contributed by atoms with Gasteiger partial charge in [-0.25, -0.2) is 18.4 Å². The predicted molar refractivity (Wildman–Crippen MR) is 99.9 cm³/mol. The van der Waals surface area contributed by atoms with Crippen molar-refractivity contribution in [2.75, 3.05) is 12.9 Å². The van der Waals surface area contributed by atoms with Crippen molar-refractivity contribution in [2.24, 2.45) is 20.7 Å². The predicted octanol–water partition coefficient (Wildman–Crippen LogP) is -0.473. The van der Waals surface area contributed by atoms with Crippen LogP contribution in [0.1, 0.15) is 6.92 Å². The van der Waals surface area contributed by atoms with Crippen molar-refractivity contribution in [3.8, 4) is 0 Å². The molecule has 0 saturated carbocycles. The van der Waals surface area contributed by atoms with Gasteiger partial charge in [0.1, 0.15) is 17.2 Å². The zero-order valence-electron chi connectivity index (χ0n) is 14.0. The Balaban J connectivity index is 1.91. The fourth-order valence-electron chi connectivity index (χ4n) is 2.07. The number of phosphoric acid groups is 2. The normalized spacial score (nSPS) is 24.8. The van der Waals surface area contributed by atoms with Crippen molar-refractivity contribution in [3.05, 3.63) is 0 Å². The fraction of sp³-hybridized carbons (Fsp3) is 0.556. The first-order valence-electron chi connectivity index (χ1n) is 7.18. The number of aliphatic imine (C=N–C) groups is 3. The van der Waals surface area contributed by atoms with Gasteiger partial charge in [-0.1, -0.05) is 12.2 Å². The van der Waals surface area contributed by atoms with Gasteiger partial charge < -0.3 is 34.9 Å².